The lowest BCUT2D eigenvalue weighted by atomic mass is 10.1. The summed E-state index contributed by atoms with van der Waals surface area (Å²) in [6.07, 6.45) is 0.853. The minimum Gasteiger partial charge on any atom is -0.497 e. The Hall–Kier alpha value is -1.71. The monoisotopic (exact) mass is 305 g/mol. The minimum absolute atomic E-state index is 0.630. The predicted octanol–water partition coefficient (Wildman–Crippen LogP) is 3.69. The standard InChI is InChI=1S/C17H20ClNO2/c1-19-12-14-11-15(18)5-8-17(14)21-10-9-13-3-6-16(20-2)7-4-13/h3-8,11,19H,9-10,12H2,1-2H3. The van der Waals surface area contributed by atoms with Crippen molar-refractivity contribution in [1.82, 2.24) is 5.32 Å². The topological polar surface area (TPSA) is 30.5 Å². The molecule has 0 spiro atoms. The summed E-state index contributed by atoms with van der Waals surface area (Å²) in [5.41, 5.74) is 2.29. The fourth-order valence-electron chi connectivity index (χ4n) is 2.09. The highest BCUT2D eigenvalue weighted by Gasteiger charge is 2.04. The predicted molar refractivity (Wildman–Crippen MR) is 86.4 cm³/mol. The van der Waals surface area contributed by atoms with Crippen LogP contribution in [0, 0.1) is 0 Å². The highest BCUT2D eigenvalue weighted by Crippen LogP contribution is 2.23. The highest BCUT2D eigenvalue weighted by molar-refractivity contribution is 6.30. The van der Waals surface area contributed by atoms with Crippen molar-refractivity contribution >= 4 is 11.6 Å². The van der Waals surface area contributed by atoms with Crippen molar-refractivity contribution in [3.63, 3.8) is 0 Å². The normalized spacial score (nSPS) is 10.4. The number of hydrogen-bond donors (Lipinski definition) is 1. The smallest absolute Gasteiger partial charge is 0.123 e. The molecule has 2 aromatic carbocycles. The van der Waals surface area contributed by atoms with Crippen LogP contribution >= 0.6 is 11.6 Å². The van der Waals surface area contributed by atoms with E-state index in [1.54, 1.807) is 7.11 Å². The first-order valence-corrected chi connectivity index (χ1v) is 7.29. The molecule has 0 aliphatic rings. The number of methoxy groups -OCH3 is 1. The van der Waals surface area contributed by atoms with Gasteiger partial charge in [-0.1, -0.05) is 23.7 Å². The first kappa shape index (κ1) is 15.7. The number of rotatable bonds is 7. The van der Waals surface area contributed by atoms with Gasteiger partial charge in [-0.15, -0.1) is 0 Å². The van der Waals surface area contributed by atoms with Crippen molar-refractivity contribution in [2.75, 3.05) is 20.8 Å². The zero-order chi connectivity index (χ0) is 15.1. The molecular formula is C17H20ClNO2. The molecule has 0 saturated heterocycles. The molecule has 0 atom stereocenters. The van der Waals surface area contributed by atoms with E-state index in [2.05, 4.69) is 17.4 Å². The summed E-state index contributed by atoms with van der Waals surface area (Å²) < 4.78 is 11.0. The molecule has 0 saturated carbocycles. The van der Waals surface area contributed by atoms with Crippen molar-refractivity contribution in [3.05, 3.63) is 58.6 Å². The van der Waals surface area contributed by atoms with Crippen molar-refractivity contribution in [2.24, 2.45) is 0 Å². The highest BCUT2D eigenvalue weighted by atomic mass is 35.5. The average Bonchev–Trinajstić information content (AvgIpc) is 2.50. The van der Waals surface area contributed by atoms with Crippen molar-refractivity contribution in [2.45, 2.75) is 13.0 Å². The number of hydrogen-bond acceptors (Lipinski definition) is 3. The Balaban J connectivity index is 1.93. The Kier molecular flexibility index (Phi) is 5.90. The summed E-state index contributed by atoms with van der Waals surface area (Å²) in [5, 5.41) is 3.84. The van der Waals surface area contributed by atoms with Gasteiger partial charge in [0.1, 0.15) is 11.5 Å². The van der Waals surface area contributed by atoms with Crippen LogP contribution in [-0.4, -0.2) is 20.8 Å². The van der Waals surface area contributed by atoms with E-state index < -0.39 is 0 Å². The van der Waals surface area contributed by atoms with E-state index in [1.165, 1.54) is 5.56 Å². The average molecular weight is 306 g/mol. The third kappa shape index (κ3) is 4.66. The van der Waals surface area contributed by atoms with E-state index in [1.807, 2.05) is 37.4 Å². The van der Waals surface area contributed by atoms with Crippen LogP contribution in [0.4, 0.5) is 0 Å². The van der Waals surface area contributed by atoms with E-state index in [-0.39, 0.29) is 0 Å². The lowest BCUT2D eigenvalue weighted by Crippen LogP contribution is -2.09. The molecule has 2 aromatic rings. The van der Waals surface area contributed by atoms with Gasteiger partial charge >= 0.3 is 0 Å². The third-order valence-electron chi connectivity index (χ3n) is 3.20. The summed E-state index contributed by atoms with van der Waals surface area (Å²) in [6.45, 7) is 1.36. The molecule has 21 heavy (non-hydrogen) atoms. The van der Waals surface area contributed by atoms with Gasteiger partial charge in [0.05, 0.1) is 13.7 Å². The quantitative estimate of drug-likeness (QED) is 0.846. The SMILES string of the molecule is CNCc1cc(Cl)ccc1OCCc1ccc(OC)cc1. The molecule has 0 aliphatic heterocycles. The summed E-state index contributed by atoms with van der Waals surface area (Å²) in [4.78, 5) is 0. The summed E-state index contributed by atoms with van der Waals surface area (Å²) in [6, 6.07) is 13.7. The van der Waals surface area contributed by atoms with E-state index in [9.17, 15) is 0 Å². The Labute approximate surface area is 130 Å². The molecule has 4 heteroatoms. The molecule has 112 valence electrons. The van der Waals surface area contributed by atoms with E-state index >= 15 is 0 Å². The maximum atomic E-state index is 6.02. The summed E-state index contributed by atoms with van der Waals surface area (Å²) in [5.74, 6) is 1.75. The van der Waals surface area contributed by atoms with Gasteiger partial charge in [0, 0.05) is 23.6 Å². The number of nitrogens with one attached hydrogen (secondary N) is 1. The Bertz CT molecular complexity index is 570. The van der Waals surface area contributed by atoms with E-state index in [4.69, 9.17) is 21.1 Å². The largest absolute Gasteiger partial charge is 0.497 e. The lowest BCUT2D eigenvalue weighted by molar-refractivity contribution is 0.318. The van der Waals surface area contributed by atoms with Gasteiger partial charge in [-0.3, -0.25) is 0 Å². The Morgan fingerprint density at radius 2 is 1.86 bits per heavy atom. The van der Waals surface area contributed by atoms with Crippen LogP contribution in [0.2, 0.25) is 5.02 Å². The van der Waals surface area contributed by atoms with Gasteiger partial charge < -0.3 is 14.8 Å². The second kappa shape index (κ2) is 7.91. The summed E-state index contributed by atoms with van der Waals surface area (Å²) in [7, 11) is 3.57. The fraction of sp³-hybridized carbons (Fsp3) is 0.294. The maximum absolute atomic E-state index is 6.02. The van der Waals surface area contributed by atoms with Crippen LogP contribution in [0.15, 0.2) is 42.5 Å². The first-order chi connectivity index (χ1) is 10.2. The molecular weight excluding hydrogens is 286 g/mol. The molecule has 0 heterocycles. The van der Waals surface area contributed by atoms with Crippen molar-refractivity contribution in [1.29, 1.82) is 0 Å². The molecule has 1 N–H and O–H groups in total. The van der Waals surface area contributed by atoms with Crippen molar-refractivity contribution in [3.8, 4) is 11.5 Å². The fourth-order valence-corrected chi connectivity index (χ4v) is 2.28. The minimum atomic E-state index is 0.630. The zero-order valence-corrected chi connectivity index (χ0v) is 13.1. The van der Waals surface area contributed by atoms with Gasteiger partial charge in [-0.2, -0.15) is 0 Å². The van der Waals surface area contributed by atoms with Gasteiger partial charge in [-0.25, -0.2) is 0 Å². The molecule has 0 unspecified atom stereocenters. The van der Waals surface area contributed by atoms with Crippen LogP contribution in [0.1, 0.15) is 11.1 Å². The molecule has 0 bridgehead atoms. The molecule has 2 rings (SSSR count). The van der Waals surface area contributed by atoms with E-state index in [0.29, 0.717) is 6.61 Å². The summed E-state index contributed by atoms with van der Waals surface area (Å²) >= 11 is 6.02. The Morgan fingerprint density at radius 1 is 1.10 bits per heavy atom. The Morgan fingerprint density at radius 3 is 2.52 bits per heavy atom. The number of halogens is 1. The number of benzene rings is 2. The van der Waals surface area contributed by atoms with Gasteiger partial charge in [0.2, 0.25) is 0 Å². The van der Waals surface area contributed by atoms with Crippen LogP contribution in [-0.2, 0) is 13.0 Å². The van der Waals surface area contributed by atoms with Crippen molar-refractivity contribution < 1.29 is 9.47 Å². The third-order valence-corrected chi connectivity index (χ3v) is 3.43. The first-order valence-electron chi connectivity index (χ1n) is 6.91. The molecule has 0 radical (unpaired) electrons. The van der Waals surface area contributed by atoms with Crippen LogP contribution < -0.4 is 14.8 Å². The van der Waals surface area contributed by atoms with Crippen LogP contribution in [0.3, 0.4) is 0 Å². The lowest BCUT2D eigenvalue weighted by Gasteiger charge is -2.12. The number of ether oxygens (including phenoxy) is 2. The molecule has 0 fully saturated rings. The molecule has 0 aromatic heterocycles. The molecule has 3 nitrogen and oxygen atoms in total. The van der Waals surface area contributed by atoms with Crippen LogP contribution in [0.25, 0.3) is 0 Å². The second-order valence-electron chi connectivity index (χ2n) is 4.73. The maximum Gasteiger partial charge on any atom is 0.123 e. The second-order valence-corrected chi connectivity index (χ2v) is 5.17. The molecule has 0 aliphatic carbocycles. The zero-order valence-electron chi connectivity index (χ0n) is 12.4. The van der Waals surface area contributed by atoms with Crippen LogP contribution in [0.5, 0.6) is 11.5 Å². The van der Waals surface area contributed by atoms with Gasteiger partial charge in [0.25, 0.3) is 0 Å². The molecule has 0 amide bonds. The van der Waals surface area contributed by atoms with E-state index in [0.717, 1.165) is 35.1 Å². The van der Waals surface area contributed by atoms with Gasteiger partial charge in [0.15, 0.2) is 0 Å². The van der Waals surface area contributed by atoms with Gasteiger partial charge in [-0.05, 0) is 42.9 Å².